The number of para-hydroxylation sites is 5. The summed E-state index contributed by atoms with van der Waals surface area (Å²) >= 11 is 7.00. The summed E-state index contributed by atoms with van der Waals surface area (Å²) in [5.74, 6) is 0.868. The molecule has 0 bridgehead atoms. The van der Waals surface area contributed by atoms with E-state index in [1.807, 2.05) is 140 Å². The zero-order valence-corrected chi connectivity index (χ0v) is 25.6. The minimum absolute atomic E-state index is 0.430. The van der Waals surface area contributed by atoms with Gasteiger partial charge in [0.2, 0.25) is 0 Å². The van der Waals surface area contributed by atoms with E-state index in [-0.39, 0.29) is 0 Å². The highest BCUT2D eigenvalue weighted by Crippen LogP contribution is 2.57. The molecule has 2 aliphatic rings. The zero-order valence-electron chi connectivity index (χ0n) is 24.8. The van der Waals surface area contributed by atoms with Crippen LogP contribution in [0.1, 0.15) is 32.6 Å². The van der Waals surface area contributed by atoms with Crippen LogP contribution in [0, 0.1) is 6.92 Å². The van der Waals surface area contributed by atoms with Crippen LogP contribution in [0.5, 0.6) is 11.5 Å². The molecule has 0 amide bonds. The first-order valence-electron chi connectivity index (χ1n) is 15.0. The van der Waals surface area contributed by atoms with Gasteiger partial charge in [0.25, 0.3) is 0 Å². The fourth-order valence-corrected chi connectivity index (χ4v) is 6.55. The molecule has 3 N–H and O–H groups in total. The fraction of sp³-hybridized carbons (Fsp3) is 0.0513. The fourth-order valence-electron chi connectivity index (χ4n) is 6.34. The first kappa shape index (κ1) is 27.8. The highest BCUT2D eigenvalue weighted by atomic mass is 35.5. The molecule has 6 aromatic carbocycles. The molecule has 7 heteroatoms. The number of rotatable bonds is 6. The molecule has 2 aliphatic heterocycles. The van der Waals surface area contributed by atoms with E-state index in [0.717, 1.165) is 45.0 Å². The maximum absolute atomic E-state index is 14.0. The van der Waals surface area contributed by atoms with Crippen molar-refractivity contribution in [1.29, 1.82) is 0 Å². The van der Waals surface area contributed by atoms with Crippen LogP contribution in [0.15, 0.2) is 133 Å². The molecule has 0 fully saturated rings. The Morgan fingerprint density at radius 2 is 1.15 bits per heavy atom. The number of aryl methyl sites for hydroxylation is 1. The Kier molecular flexibility index (Phi) is 6.66. The van der Waals surface area contributed by atoms with E-state index >= 15 is 0 Å². The van der Waals surface area contributed by atoms with Crippen molar-refractivity contribution in [2.75, 3.05) is 16.0 Å². The average molecular weight is 622 g/mol. The van der Waals surface area contributed by atoms with Crippen molar-refractivity contribution in [2.45, 2.75) is 12.5 Å². The topological polar surface area (TPSA) is 71.6 Å². The minimum Gasteiger partial charge on any atom is -0.456 e. The van der Waals surface area contributed by atoms with E-state index in [4.69, 9.17) is 21.1 Å². The second kappa shape index (κ2) is 11.0. The molecule has 0 aliphatic carbocycles. The van der Waals surface area contributed by atoms with Gasteiger partial charge < -0.3 is 25.4 Å². The lowest BCUT2D eigenvalue weighted by Gasteiger charge is -2.36. The molecule has 0 aromatic heterocycles. The molecule has 6 nitrogen and oxygen atoms in total. The predicted molar refractivity (Wildman–Crippen MR) is 184 cm³/mol. The predicted octanol–water partition coefficient (Wildman–Crippen LogP) is 10.4. The average Bonchev–Trinajstić information content (AvgIpc) is 3.39. The van der Waals surface area contributed by atoms with Gasteiger partial charge in [-0.05, 0) is 61.0 Å². The van der Waals surface area contributed by atoms with Crippen molar-refractivity contribution >= 4 is 51.7 Å². The Balaban J connectivity index is 1.22. The highest BCUT2D eigenvalue weighted by molar-refractivity contribution is 6.35. The van der Waals surface area contributed by atoms with Gasteiger partial charge in [-0.25, -0.2) is 4.79 Å². The Morgan fingerprint density at radius 1 is 0.565 bits per heavy atom. The van der Waals surface area contributed by atoms with Crippen LogP contribution < -0.4 is 20.7 Å². The van der Waals surface area contributed by atoms with Crippen molar-refractivity contribution in [1.82, 2.24) is 0 Å². The summed E-state index contributed by atoms with van der Waals surface area (Å²) in [4.78, 5) is 14.0. The number of fused-ring (bicyclic) bond motifs is 6. The molecule has 0 unspecified atom stereocenters. The number of ether oxygens (including phenoxy) is 2. The van der Waals surface area contributed by atoms with E-state index in [0.29, 0.717) is 33.5 Å². The molecule has 0 saturated heterocycles. The van der Waals surface area contributed by atoms with Gasteiger partial charge in [0, 0.05) is 22.4 Å². The van der Waals surface area contributed by atoms with E-state index < -0.39 is 11.6 Å². The van der Waals surface area contributed by atoms with Gasteiger partial charge in [-0.3, -0.25) is 0 Å². The molecule has 8 rings (SSSR count). The van der Waals surface area contributed by atoms with Gasteiger partial charge in [-0.15, -0.1) is 0 Å². The van der Waals surface area contributed by atoms with Gasteiger partial charge in [0.05, 0.1) is 39.0 Å². The molecule has 2 heterocycles. The monoisotopic (exact) mass is 621 g/mol. The minimum atomic E-state index is -1.16. The van der Waals surface area contributed by atoms with Gasteiger partial charge in [-0.1, -0.05) is 96.5 Å². The molecule has 0 atom stereocenters. The van der Waals surface area contributed by atoms with Crippen molar-refractivity contribution in [3.05, 3.63) is 166 Å². The third-order valence-electron chi connectivity index (χ3n) is 8.49. The summed E-state index contributed by atoms with van der Waals surface area (Å²) in [5.41, 5.74) is 7.19. The third-order valence-corrected chi connectivity index (χ3v) is 8.98. The molecule has 46 heavy (non-hydrogen) atoms. The van der Waals surface area contributed by atoms with Crippen LogP contribution in [0.4, 0.5) is 34.1 Å². The van der Waals surface area contributed by atoms with Gasteiger partial charge in [0.1, 0.15) is 11.5 Å². The van der Waals surface area contributed by atoms with Crippen LogP contribution in [-0.4, -0.2) is 5.97 Å². The summed E-state index contributed by atoms with van der Waals surface area (Å²) in [6, 6.07) is 43.1. The van der Waals surface area contributed by atoms with Gasteiger partial charge >= 0.3 is 5.97 Å². The highest BCUT2D eigenvalue weighted by Gasteiger charge is 2.54. The lowest BCUT2D eigenvalue weighted by molar-refractivity contribution is 0.0225. The SMILES string of the molecule is Cc1ccc(Nc2ccccc2Nc2ccccc2)c(Nc2cccc3c2C(=O)OC32c3ccccc3Oc3ccccc32)c1Cl. The van der Waals surface area contributed by atoms with Gasteiger partial charge in [-0.2, -0.15) is 0 Å². The Hall–Kier alpha value is -5.72. The van der Waals surface area contributed by atoms with E-state index in [9.17, 15) is 4.79 Å². The molecule has 0 saturated carbocycles. The van der Waals surface area contributed by atoms with Crippen LogP contribution in [-0.2, 0) is 10.3 Å². The second-order valence-electron chi connectivity index (χ2n) is 11.3. The van der Waals surface area contributed by atoms with Gasteiger partial charge in [0.15, 0.2) is 5.60 Å². The van der Waals surface area contributed by atoms with E-state index in [2.05, 4.69) is 16.0 Å². The molecule has 6 aromatic rings. The molecule has 0 radical (unpaired) electrons. The summed E-state index contributed by atoms with van der Waals surface area (Å²) in [6.07, 6.45) is 0. The number of halogens is 1. The van der Waals surface area contributed by atoms with E-state index in [1.54, 1.807) is 0 Å². The smallest absolute Gasteiger partial charge is 0.342 e. The zero-order chi connectivity index (χ0) is 31.3. The number of carbonyl (C=O) groups excluding carboxylic acids is 1. The number of carbonyl (C=O) groups is 1. The molecule has 224 valence electrons. The third kappa shape index (κ3) is 4.45. The Bertz CT molecular complexity index is 2100. The maximum atomic E-state index is 14.0. The summed E-state index contributed by atoms with van der Waals surface area (Å²) < 4.78 is 12.7. The lowest BCUT2D eigenvalue weighted by Crippen LogP contribution is -2.32. The number of esters is 1. The lowest BCUT2D eigenvalue weighted by atomic mass is 9.77. The molecular formula is C39H28ClN3O3. The number of nitrogens with one attached hydrogen (secondary N) is 3. The van der Waals surface area contributed by atoms with Crippen molar-refractivity contribution in [2.24, 2.45) is 0 Å². The van der Waals surface area contributed by atoms with Crippen molar-refractivity contribution < 1.29 is 14.3 Å². The Morgan fingerprint density at radius 3 is 1.87 bits per heavy atom. The van der Waals surface area contributed by atoms with Crippen molar-refractivity contribution in [3.8, 4) is 11.5 Å². The quantitative estimate of drug-likeness (QED) is 0.161. The normalized spacial score (nSPS) is 13.6. The Labute approximate surface area is 271 Å². The first-order chi connectivity index (χ1) is 22.5. The largest absolute Gasteiger partial charge is 0.456 e. The van der Waals surface area contributed by atoms with Crippen LogP contribution in [0.25, 0.3) is 0 Å². The molecular weight excluding hydrogens is 594 g/mol. The summed E-state index contributed by atoms with van der Waals surface area (Å²) in [5, 5.41) is 11.1. The van der Waals surface area contributed by atoms with Crippen LogP contribution in [0.2, 0.25) is 5.02 Å². The summed E-state index contributed by atoms with van der Waals surface area (Å²) in [6.45, 7) is 1.96. The second-order valence-corrected chi connectivity index (χ2v) is 11.7. The van der Waals surface area contributed by atoms with Crippen molar-refractivity contribution in [3.63, 3.8) is 0 Å². The first-order valence-corrected chi connectivity index (χ1v) is 15.4. The number of hydrogen-bond donors (Lipinski definition) is 3. The number of hydrogen-bond acceptors (Lipinski definition) is 6. The van der Waals surface area contributed by atoms with E-state index in [1.165, 1.54) is 0 Å². The number of anilines is 6. The van der Waals surface area contributed by atoms with Crippen LogP contribution in [0.3, 0.4) is 0 Å². The molecule has 1 spiro atoms. The number of benzene rings is 6. The summed E-state index contributed by atoms with van der Waals surface area (Å²) in [7, 11) is 0. The van der Waals surface area contributed by atoms with Crippen LogP contribution >= 0.6 is 11.6 Å². The maximum Gasteiger partial charge on any atom is 0.342 e. The standard InChI is InChI=1S/C39H28ClN3O3/c1-24-22-23-32(42-30-18-8-7-17-29(30)41-25-12-3-2-4-13-25)37(36(24)40)43-31-19-11-16-28-35(31)38(44)46-39(28)26-14-5-9-20-33(26)45-34-21-10-6-15-27(34)39/h2-23,41-43H,1H3.